The molecule has 1 fully saturated rings. The lowest BCUT2D eigenvalue weighted by Crippen LogP contribution is -2.17. The van der Waals surface area contributed by atoms with Gasteiger partial charge >= 0.3 is 0 Å². The summed E-state index contributed by atoms with van der Waals surface area (Å²) in [6, 6.07) is 0. The number of ether oxygens (including phenoxy) is 1. The fraction of sp³-hybridized carbons (Fsp3) is 0.692. The molecule has 94 valence electrons. The zero-order valence-corrected chi connectivity index (χ0v) is 10.4. The minimum atomic E-state index is -0.0671. The molecule has 17 heavy (non-hydrogen) atoms. The number of hydrogen-bond donors (Lipinski definition) is 1. The first-order valence-electron chi connectivity index (χ1n) is 6.39. The Balaban J connectivity index is 2.07. The van der Waals surface area contributed by atoms with Gasteiger partial charge in [0.05, 0.1) is 12.2 Å². The van der Waals surface area contributed by atoms with Crippen LogP contribution in [0.3, 0.4) is 0 Å². The fourth-order valence-corrected chi connectivity index (χ4v) is 2.20. The van der Waals surface area contributed by atoms with Gasteiger partial charge in [-0.3, -0.25) is 0 Å². The molecule has 0 radical (unpaired) electrons. The Hall–Kier alpha value is -1.16. The maximum Gasteiger partial charge on any atom is 0.222 e. The predicted octanol–water partition coefficient (Wildman–Crippen LogP) is 2.38. The summed E-state index contributed by atoms with van der Waals surface area (Å²) in [5, 5.41) is 9.23. The van der Waals surface area contributed by atoms with Crippen molar-refractivity contribution in [1.82, 2.24) is 9.97 Å². The molecule has 0 spiro atoms. The quantitative estimate of drug-likeness (QED) is 0.819. The molecule has 0 bridgehead atoms. The number of aliphatic hydroxyl groups is 1. The molecule has 1 aliphatic rings. The van der Waals surface area contributed by atoms with E-state index in [9.17, 15) is 5.11 Å². The molecule has 1 saturated carbocycles. The Labute approximate surface area is 102 Å². The lowest BCUT2D eigenvalue weighted by Gasteiger charge is -2.17. The molecular weight excluding hydrogens is 216 g/mol. The summed E-state index contributed by atoms with van der Waals surface area (Å²) in [7, 11) is 0. The molecule has 4 heteroatoms. The van der Waals surface area contributed by atoms with Crippen LogP contribution in [0, 0.1) is 6.92 Å². The standard InChI is InChI=1S/C13H20N2O2/c1-10-14-8-11(9-16)13(15-10)17-12-6-4-2-3-5-7-12/h8,12,16H,2-7,9H2,1H3. The summed E-state index contributed by atoms with van der Waals surface area (Å²) in [6.07, 6.45) is 9.13. The smallest absolute Gasteiger partial charge is 0.222 e. The van der Waals surface area contributed by atoms with Gasteiger partial charge in [0.1, 0.15) is 11.9 Å². The third-order valence-corrected chi connectivity index (χ3v) is 3.20. The van der Waals surface area contributed by atoms with Gasteiger partial charge in [0.2, 0.25) is 5.88 Å². The summed E-state index contributed by atoms with van der Waals surface area (Å²) in [5.41, 5.74) is 0.680. The Morgan fingerprint density at radius 1 is 1.29 bits per heavy atom. The van der Waals surface area contributed by atoms with Crippen molar-refractivity contribution in [3.8, 4) is 5.88 Å². The Bertz CT molecular complexity index is 360. The highest BCUT2D eigenvalue weighted by Gasteiger charge is 2.16. The highest BCUT2D eigenvalue weighted by molar-refractivity contribution is 5.23. The molecule has 0 aliphatic heterocycles. The van der Waals surface area contributed by atoms with E-state index in [2.05, 4.69) is 9.97 Å². The van der Waals surface area contributed by atoms with Crippen molar-refractivity contribution >= 4 is 0 Å². The summed E-state index contributed by atoms with van der Waals surface area (Å²) in [4.78, 5) is 8.35. The monoisotopic (exact) mass is 236 g/mol. The Morgan fingerprint density at radius 3 is 2.65 bits per heavy atom. The highest BCUT2D eigenvalue weighted by atomic mass is 16.5. The first-order chi connectivity index (χ1) is 8.29. The molecule has 1 aromatic heterocycles. The van der Waals surface area contributed by atoms with Crippen molar-refractivity contribution in [2.75, 3.05) is 0 Å². The zero-order chi connectivity index (χ0) is 12.1. The average Bonchev–Trinajstić information content (AvgIpc) is 2.58. The Kier molecular flexibility index (Phi) is 4.31. The zero-order valence-electron chi connectivity index (χ0n) is 10.4. The minimum Gasteiger partial charge on any atom is -0.474 e. The number of hydrogen-bond acceptors (Lipinski definition) is 4. The van der Waals surface area contributed by atoms with Crippen molar-refractivity contribution in [1.29, 1.82) is 0 Å². The molecule has 1 aliphatic carbocycles. The summed E-state index contributed by atoms with van der Waals surface area (Å²) >= 11 is 0. The number of aromatic nitrogens is 2. The van der Waals surface area contributed by atoms with Crippen LogP contribution in [-0.2, 0) is 6.61 Å². The van der Waals surface area contributed by atoms with E-state index in [0.29, 0.717) is 17.3 Å². The van der Waals surface area contributed by atoms with Crippen molar-refractivity contribution in [2.45, 2.75) is 58.2 Å². The van der Waals surface area contributed by atoms with Crippen LogP contribution in [0.15, 0.2) is 6.20 Å². The largest absolute Gasteiger partial charge is 0.474 e. The van der Waals surface area contributed by atoms with E-state index in [1.54, 1.807) is 6.20 Å². The van der Waals surface area contributed by atoms with E-state index in [0.717, 1.165) is 12.8 Å². The van der Waals surface area contributed by atoms with Gasteiger partial charge in [-0.05, 0) is 32.6 Å². The van der Waals surface area contributed by atoms with Gasteiger partial charge in [0.15, 0.2) is 0 Å². The maximum atomic E-state index is 9.23. The first-order valence-corrected chi connectivity index (χ1v) is 6.39. The van der Waals surface area contributed by atoms with E-state index in [-0.39, 0.29) is 12.7 Å². The van der Waals surface area contributed by atoms with E-state index in [4.69, 9.17) is 4.74 Å². The van der Waals surface area contributed by atoms with Crippen molar-refractivity contribution in [2.24, 2.45) is 0 Å². The Morgan fingerprint density at radius 2 is 2.00 bits per heavy atom. The van der Waals surface area contributed by atoms with Gasteiger partial charge in [0, 0.05) is 6.20 Å². The van der Waals surface area contributed by atoms with Gasteiger partial charge < -0.3 is 9.84 Å². The second kappa shape index (κ2) is 5.96. The van der Waals surface area contributed by atoms with Crippen molar-refractivity contribution < 1.29 is 9.84 Å². The topological polar surface area (TPSA) is 55.2 Å². The van der Waals surface area contributed by atoms with Gasteiger partial charge in [-0.1, -0.05) is 12.8 Å². The molecule has 0 aromatic carbocycles. The van der Waals surface area contributed by atoms with Gasteiger partial charge in [-0.15, -0.1) is 0 Å². The van der Waals surface area contributed by atoms with Crippen LogP contribution in [-0.4, -0.2) is 21.2 Å². The van der Waals surface area contributed by atoms with Gasteiger partial charge in [-0.25, -0.2) is 4.98 Å². The molecule has 1 heterocycles. The second-order valence-corrected chi connectivity index (χ2v) is 4.64. The minimum absolute atomic E-state index is 0.0671. The molecule has 4 nitrogen and oxygen atoms in total. The number of nitrogens with zero attached hydrogens (tertiary/aromatic N) is 2. The molecule has 1 N–H and O–H groups in total. The third-order valence-electron chi connectivity index (χ3n) is 3.20. The molecule has 0 amide bonds. The lowest BCUT2D eigenvalue weighted by atomic mass is 10.1. The first kappa shape index (κ1) is 12.3. The summed E-state index contributed by atoms with van der Waals surface area (Å²) < 4.78 is 5.93. The number of aliphatic hydroxyl groups excluding tert-OH is 1. The number of aryl methyl sites for hydroxylation is 1. The van der Waals surface area contributed by atoms with Crippen LogP contribution in [0.5, 0.6) is 5.88 Å². The molecule has 0 saturated heterocycles. The van der Waals surface area contributed by atoms with Crippen LogP contribution < -0.4 is 4.74 Å². The average molecular weight is 236 g/mol. The third kappa shape index (κ3) is 3.40. The molecule has 1 aromatic rings. The maximum absolute atomic E-state index is 9.23. The molecular formula is C13H20N2O2. The van der Waals surface area contributed by atoms with Crippen LogP contribution >= 0.6 is 0 Å². The van der Waals surface area contributed by atoms with E-state index in [1.165, 1.54) is 25.7 Å². The molecule has 0 atom stereocenters. The molecule has 0 unspecified atom stereocenters. The highest BCUT2D eigenvalue weighted by Crippen LogP contribution is 2.23. The van der Waals surface area contributed by atoms with Crippen LogP contribution in [0.4, 0.5) is 0 Å². The lowest BCUT2D eigenvalue weighted by molar-refractivity contribution is 0.168. The van der Waals surface area contributed by atoms with Crippen molar-refractivity contribution in [3.05, 3.63) is 17.6 Å². The second-order valence-electron chi connectivity index (χ2n) is 4.64. The SMILES string of the molecule is Cc1ncc(CO)c(OC2CCCCCC2)n1. The molecule has 2 rings (SSSR count). The predicted molar refractivity (Wildman–Crippen MR) is 64.8 cm³/mol. The van der Waals surface area contributed by atoms with E-state index >= 15 is 0 Å². The van der Waals surface area contributed by atoms with Crippen LogP contribution in [0.25, 0.3) is 0 Å². The van der Waals surface area contributed by atoms with Gasteiger partial charge in [0.25, 0.3) is 0 Å². The normalized spacial score (nSPS) is 17.8. The van der Waals surface area contributed by atoms with Gasteiger partial charge in [-0.2, -0.15) is 4.98 Å². The fourth-order valence-electron chi connectivity index (χ4n) is 2.20. The van der Waals surface area contributed by atoms with E-state index < -0.39 is 0 Å². The number of rotatable bonds is 3. The van der Waals surface area contributed by atoms with Crippen LogP contribution in [0.1, 0.15) is 49.9 Å². The van der Waals surface area contributed by atoms with Crippen LogP contribution in [0.2, 0.25) is 0 Å². The summed E-state index contributed by atoms with van der Waals surface area (Å²) in [5.74, 6) is 1.25. The van der Waals surface area contributed by atoms with Crippen molar-refractivity contribution in [3.63, 3.8) is 0 Å². The van der Waals surface area contributed by atoms with E-state index in [1.807, 2.05) is 6.92 Å². The summed E-state index contributed by atoms with van der Waals surface area (Å²) in [6.45, 7) is 1.77.